The minimum absolute atomic E-state index is 0.201. The zero-order valence-corrected chi connectivity index (χ0v) is 13.9. The molecule has 1 saturated heterocycles. The maximum absolute atomic E-state index is 12.2. The summed E-state index contributed by atoms with van der Waals surface area (Å²) < 4.78 is 7.82. The van der Waals surface area contributed by atoms with E-state index >= 15 is 0 Å². The third-order valence-corrected chi connectivity index (χ3v) is 4.62. The number of piperidine rings is 1. The number of carbonyl (C=O) groups excluding carboxylic acids is 1. The SMILES string of the molecule is Cc1ccc(C)n1C1CCN(C(=O)OCc2ccccc2)CC1. The van der Waals surface area contributed by atoms with Gasteiger partial charge in [-0.05, 0) is 44.4 Å². The summed E-state index contributed by atoms with van der Waals surface area (Å²) in [7, 11) is 0. The molecule has 1 amide bonds. The summed E-state index contributed by atoms with van der Waals surface area (Å²) in [6.45, 7) is 6.15. The van der Waals surface area contributed by atoms with Gasteiger partial charge in [-0.15, -0.1) is 0 Å². The molecule has 1 aromatic carbocycles. The number of ether oxygens (including phenoxy) is 1. The van der Waals surface area contributed by atoms with Crippen molar-refractivity contribution in [3.8, 4) is 0 Å². The number of nitrogens with zero attached hydrogens (tertiary/aromatic N) is 2. The van der Waals surface area contributed by atoms with Crippen molar-refractivity contribution < 1.29 is 9.53 Å². The van der Waals surface area contributed by atoms with E-state index in [1.54, 1.807) is 0 Å². The van der Waals surface area contributed by atoms with Gasteiger partial charge in [0.2, 0.25) is 0 Å². The topological polar surface area (TPSA) is 34.5 Å². The lowest BCUT2D eigenvalue weighted by Crippen LogP contribution is -2.39. The standard InChI is InChI=1S/C19H24N2O2/c1-15-8-9-16(2)21(15)18-10-12-20(13-11-18)19(22)23-14-17-6-4-3-5-7-17/h3-9,18H,10-14H2,1-2H3. The number of amides is 1. The van der Waals surface area contributed by atoms with E-state index in [4.69, 9.17) is 4.74 Å². The number of hydrogen-bond donors (Lipinski definition) is 0. The van der Waals surface area contributed by atoms with Crippen LogP contribution in [0.5, 0.6) is 0 Å². The normalized spacial score (nSPS) is 15.7. The largest absolute Gasteiger partial charge is 0.445 e. The second-order valence-electron chi connectivity index (χ2n) is 6.24. The molecule has 2 heterocycles. The first-order valence-electron chi connectivity index (χ1n) is 8.25. The van der Waals surface area contributed by atoms with Gasteiger partial charge in [0.15, 0.2) is 0 Å². The van der Waals surface area contributed by atoms with Crippen molar-refractivity contribution in [1.82, 2.24) is 9.47 Å². The molecule has 4 heteroatoms. The minimum atomic E-state index is -0.201. The first-order valence-corrected chi connectivity index (χ1v) is 8.25. The fraction of sp³-hybridized carbons (Fsp3) is 0.421. The first-order chi connectivity index (χ1) is 11.1. The molecular formula is C19H24N2O2. The summed E-state index contributed by atoms with van der Waals surface area (Å²) >= 11 is 0. The lowest BCUT2D eigenvalue weighted by molar-refractivity contribution is 0.0829. The van der Waals surface area contributed by atoms with Crippen molar-refractivity contribution in [2.45, 2.75) is 39.3 Å². The Kier molecular flexibility index (Phi) is 4.70. The predicted molar refractivity (Wildman–Crippen MR) is 90.4 cm³/mol. The summed E-state index contributed by atoms with van der Waals surface area (Å²) in [6, 6.07) is 14.6. The Morgan fingerprint density at radius 1 is 1.04 bits per heavy atom. The second-order valence-corrected chi connectivity index (χ2v) is 6.24. The Balaban J connectivity index is 1.51. The van der Waals surface area contributed by atoms with Crippen molar-refractivity contribution in [2.24, 2.45) is 0 Å². The van der Waals surface area contributed by atoms with Crippen LogP contribution in [0.25, 0.3) is 0 Å². The van der Waals surface area contributed by atoms with E-state index in [-0.39, 0.29) is 6.09 Å². The van der Waals surface area contributed by atoms with E-state index < -0.39 is 0 Å². The molecular weight excluding hydrogens is 288 g/mol. The van der Waals surface area contributed by atoms with Crippen LogP contribution in [0.4, 0.5) is 4.79 Å². The van der Waals surface area contributed by atoms with Gasteiger partial charge in [-0.25, -0.2) is 4.79 Å². The van der Waals surface area contributed by atoms with E-state index in [0.717, 1.165) is 31.5 Å². The fourth-order valence-corrected chi connectivity index (χ4v) is 3.37. The zero-order valence-electron chi connectivity index (χ0n) is 13.9. The van der Waals surface area contributed by atoms with E-state index in [2.05, 4.69) is 30.5 Å². The van der Waals surface area contributed by atoms with Crippen LogP contribution in [0.2, 0.25) is 0 Å². The Hall–Kier alpha value is -2.23. The molecule has 3 rings (SSSR count). The molecule has 1 aliphatic heterocycles. The van der Waals surface area contributed by atoms with Gasteiger partial charge in [0.25, 0.3) is 0 Å². The Bertz CT molecular complexity index is 636. The van der Waals surface area contributed by atoms with Crippen molar-refractivity contribution in [3.05, 3.63) is 59.4 Å². The highest BCUT2D eigenvalue weighted by molar-refractivity contribution is 5.67. The van der Waals surface area contributed by atoms with Crippen molar-refractivity contribution >= 4 is 6.09 Å². The van der Waals surface area contributed by atoms with Crippen LogP contribution in [-0.2, 0) is 11.3 Å². The van der Waals surface area contributed by atoms with Gasteiger partial charge >= 0.3 is 6.09 Å². The first kappa shape index (κ1) is 15.7. The molecule has 1 fully saturated rings. The van der Waals surface area contributed by atoms with Gasteiger partial charge in [0, 0.05) is 30.5 Å². The molecule has 4 nitrogen and oxygen atoms in total. The van der Waals surface area contributed by atoms with Gasteiger partial charge in [-0.2, -0.15) is 0 Å². The quantitative estimate of drug-likeness (QED) is 0.856. The Morgan fingerprint density at radius 2 is 1.65 bits per heavy atom. The minimum Gasteiger partial charge on any atom is -0.445 e. The summed E-state index contributed by atoms with van der Waals surface area (Å²) in [4.78, 5) is 14.0. The van der Waals surface area contributed by atoms with E-state index in [1.807, 2.05) is 35.2 Å². The van der Waals surface area contributed by atoms with Crippen molar-refractivity contribution in [2.75, 3.05) is 13.1 Å². The predicted octanol–water partition coefficient (Wildman–Crippen LogP) is 4.08. The highest BCUT2D eigenvalue weighted by Gasteiger charge is 2.25. The summed E-state index contributed by atoms with van der Waals surface area (Å²) in [5.74, 6) is 0. The highest BCUT2D eigenvalue weighted by atomic mass is 16.6. The lowest BCUT2D eigenvalue weighted by atomic mass is 10.0. The number of rotatable bonds is 3. The van der Waals surface area contributed by atoms with Gasteiger partial charge in [0.1, 0.15) is 6.61 Å². The fourth-order valence-electron chi connectivity index (χ4n) is 3.37. The molecule has 0 spiro atoms. The second kappa shape index (κ2) is 6.90. The smallest absolute Gasteiger partial charge is 0.410 e. The number of aromatic nitrogens is 1. The average molecular weight is 312 g/mol. The number of hydrogen-bond acceptors (Lipinski definition) is 2. The van der Waals surface area contributed by atoms with Crippen LogP contribution in [0.15, 0.2) is 42.5 Å². The molecule has 0 bridgehead atoms. The number of likely N-dealkylation sites (tertiary alicyclic amines) is 1. The molecule has 0 radical (unpaired) electrons. The van der Waals surface area contributed by atoms with Crippen LogP contribution in [0, 0.1) is 13.8 Å². The average Bonchev–Trinajstić information content (AvgIpc) is 2.92. The Labute approximate surface area is 137 Å². The highest BCUT2D eigenvalue weighted by Crippen LogP contribution is 2.26. The maximum Gasteiger partial charge on any atom is 0.410 e. The van der Waals surface area contributed by atoms with Crippen LogP contribution < -0.4 is 0 Å². The third-order valence-electron chi connectivity index (χ3n) is 4.62. The molecule has 122 valence electrons. The lowest BCUT2D eigenvalue weighted by Gasteiger charge is -2.33. The monoisotopic (exact) mass is 312 g/mol. The molecule has 1 aromatic heterocycles. The summed E-state index contributed by atoms with van der Waals surface area (Å²) in [5.41, 5.74) is 3.62. The maximum atomic E-state index is 12.2. The van der Waals surface area contributed by atoms with Crippen LogP contribution in [-0.4, -0.2) is 28.6 Å². The summed E-state index contributed by atoms with van der Waals surface area (Å²) in [5, 5.41) is 0. The number of aryl methyl sites for hydroxylation is 2. The van der Waals surface area contributed by atoms with Crippen molar-refractivity contribution in [3.63, 3.8) is 0 Å². The molecule has 0 unspecified atom stereocenters. The summed E-state index contributed by atoms with van der Waals surface area (Å²) in [6.07, 6.45) is 1.77. The number of benzene rings is 1. The zero-order chi connectivity index (χ0) is 16.2. The van der Waals surface area contributed by atoms with Crippen molar-refractivity contribution in [1.29, 1.82) is 0 Å². The molecule has 1 aliphatic rings. The van der Waals surface area contributed by atoms with E-state index in [1.165, 1.54) is 11.4 Å². The van der Waals surface area contributed by atoms with Gasteiger partial charge in [0.05, 0.1) is 0 Å². The van der Waals surface area contributed by atoms with Crippen LogP contribution in [0.1, 0.15) is 35.8 Å². The van der Waals surface area contributed by atoms with Crippen LogP contribution in [0.3, 0.4) is 0 Å². The molecule has 0 saturated carbocycles. The molecule has 23 heavy (non-hydrogen) atoms. The molecule has 0 N–H and O–H groups in total. The van der Waals surface area contributed by atoms with E-state index in [0.29, 0.717) is 12.6 Å². The third kappa shape index (κ3) is 3.58. The number of carbonyl (C=O) groups is 1. The molecule has 0 aliphatic carbocycles. The van der Waals surface area contributed by atoms with Gasteiger partial charge in [-0.3, -0.25) is 0 Å². The van der Waals surface area contributed by atoms with E-state index in [9.17, 15) is 4.79 Å². The van der Waals surface area contributed by atoms with Gasteiger partial charge < -0.3 is 14.2 Å². The molecule has 0 atom stereocenters. The van der Waals surface area contributed by atoms with Gasteiger partial charge in [-0.1, -0.05) is 30.3 Å². The Morgan fingerprint density at radius 3 is 2.26 bits per heavy atom. The molecule has 2 aromatic rings. The van der Waals surface area contributed by atoms with Crippen LogP contribution >= 0.6 is 0 Å².